The standard InChI is InChI=1S/C15H10N4/c16-10-12-3-5-13(6-4-12)15-7-9-19(18-15)14-2-1-8-17-11-14/h1-9,11H. The van der Waals surface area contributed by atoms with Crippen molar-refractivity contribution in [3.05, 3.63) is 66.6 Å². The molecule has 19 heavy (non-hydrogen) atoms. The Hall–Kier alpha value is -2.93. The molecule has 3 aromatic rings. The lowest BCUT2D eigenvalue weighted by atomic mass is 10.1. The second-order valence-electron chi connectivity index (χ2n) is 4.05. The summed E-state index contributed by atoms with van der Waals surface area (Å²) < 4.78 is 1.78. The largest absolute Gasteiger partial charge is 0.262 e. The fourth-order valence-corrected chi connectivity index (χ4v) is 1.83. The summed E-state index contributed by atoms with van der Waals surface area (Å²) in [5, 5.41) is 13.3. The van der Waals surface area contributed by atoms with Gasteiger partial charge >= 0.3 is 0 Å². The fourth-order valence-electron chi connectivity index (χ4n) is 1.83. The average Bonchev–Trinajstić information content (AvgIpc) is 2.98. The van der Waals surface area contributed by atoms with Gasteiger partial charge in [0.05, 0.1) is 29.2 Å². The summed E-state index contributed by atoms with van der Waals surface area (Å²) in [4.78, 5) is 4.07. The van der Waals surface area contributed by atoms with Crippen LogP contribution in [0, 0.1) is 11.3 Å². The van der Waals surface area contributed by atoms with E-state index in [1.807, 2.05) is 36.5 Å². The van der Waals surface area contributed by atoms with E-state index in [9.17, 15) is 0 Å². The van der Waals surface area contributed by atoms with Gasteiger partial charge in [0.1, 0.15) is 0 Å². The highest BCUT2D eigenvalue weighted by molar-refractivity contribution is 5.60. The third-order valence-corrected chi connectivity index (χ3v) is 2.81. The molecule has 3 rings (SSSR count). The molecule has 0 fully saturated rings. The van der Waals surface area contributed by atoms with Crippen molar-refractivity contribution in [3.63, 3.8) is 0 Å². The van der Waals surface area contributed by atoms with E-state index in [-0.39, 0.29) is 0 Å². The van der Waals surface area contributed by atoms with E-state index < -0.39 is 0 Å². The minimum absolute atomic E-state index is 0.649. The highest BCUT2D eigenvalue weighted by Crippen LogP contribution is 2.18. The van der Waals surface area contributed by atoms with Gasteiger partial charge in [-0.3, -0.25) is 4.98 Å². The number of hydrogen-bond acceptors (Lipinski definition) is 3. The first-order valence-electron chi connectivity index (χ1n) is 5.83. The molecule has 4 nitrogen and oxygen atoms in total. The molecule has 0 N–H and O–H groups in total. The van der Waals surface area contributed by atoms with Crippen LogP contribution in [0.3, 0.4) is 0 Å². The summed E-state index contributed by atoms with van der Waals surface area (Å²) in [6, 6.07) is 15.2. The molecule has 0 unspecified atom stereocenters. The van der Waals surface area contributed by atoms with Crippen molar-refractivity contribution in [1.82, 2.24) is 14.8 Å². The SMILES string of the molecule is N#Cc1ccc(-c2ccn(-c3cccnc3)n2)cc1. The van der Waals surface area contributed by atoms with Crippen molar-refractivity contribution < 1.29 is 0 Å². The van der Waals surface area contributed by atoms with Gasteiger partial charge in [-0.2, -0.15) is 10.4 Å². The fraction of sp³-hybridized carbons (Fsp3) is 0. The number of pyridine rings is 1. The Balaban J connectivity index is 1.95. The van der Waals surface area contributed by atoms with Crippen LogP contribution < -0.4 is 0 Å². The highest BCUT2D eigenvalue weighted by atomic mass is 15.3. The second-order valence-corrected chi connectivity index (χ2v) is 4.05. The zero-order valence-electron chi connectivity index (χ0n) is 10.1. The molecule has 0 atom stereocenters. The third-order valence-electron chi connectivity index (χ3n) is 2.81. The molecule has 4 heteroatoms. The van der Waals surface area contributed by atoms with Crippen molar-refractivity contribution in [2.24, 2.45) is 0 Å². The van der Waals surface area contributed by atoms with Crippen LogP contribution in [-0.4, -0.2) is 14.8 Å². The topological polar surface area (TPSA) is 54.5 Å². The number of aromatic nitrogens is 3. The van der Waals surface area contributed by atoms with Gasteiger partial charge in [0.15, 0.2) is 0 Å². The third kappa shape index (κ3) is 2.22. The molecular weight excluding hydrogens is 236 g/mol. The zero-order valence-corrected chi connectivity index (χ0v) is 10.1. The monoisotopic (exact) mass is 246 g/mol. The average molecular weight is 246 g/mol. The van der Waals surface area contributed by atoms with E-state index in [4.69, 9.17) is 5.26 Å². The number of benzene rings is 1. The first kappa shape index (κ1) is 11.2. The second kappa shape index (κ2) is 4.75. The van der Waals surface area contributed by atoms with Crippen molar-refractivity contribution in [2.75, 3.05) is 0 Å². The minimum Gasteiger partial charge on any atom is -0.262 e. The van der Waals surface area contributed by atoms with E-state index in [1.54, 1.807) is 29.2 Å². The maximum absolute atomic E-state index is 8.78. The van der Waals surface area contributed by atoms with Crippen LogP contribution in [-0.2, 0) is 0 Å². The van der Waals surface area contributed by atoms with E-state index in [1.165, 1.54) is 0 Å². The smallest absolute Gasteiger partial charge is 0.0991 e. The quantitative estimate of drug-likeness (QED) is 0.698. The molecule has 90 valence electrons. The first-order valence-corrected chi connectivity index (χ1v) is 5.83. The lowest BCUT2D eigenvalue weighted by Crippen LogP contribution is -1.95. The number of nitriles is 1. The van der Waals surface area contributed by atoms with E-state index in [0.29, 0.717) is 5.56 Å². The summed E-state index contributed by atoms with van der Waals surface area (Å²) in [6.45, 7) is 0. The molecule has 0 aliphatic heterocycles. The summed E-state index contributed by atoms with van der Waals surface area (Å²) in [7, 11) is 0. The molecule has 2 heterocycles. The molecular formula is C15H10N4. The van der Waals surface area contributed by atoms with Crippen LogP contribution >= 0.6 is 0 Å². The minimum atomic E-state index is 0.649. The molecule has 0 aliphatic rings. The van der Waals surface area contributed by atoms with Crippen LogP contribution in [0.1, 0.15) is 5.56 Å². The van der Waals surface area contributed by atoms with Crippen LogP contribution in [0.15, 0.2) is 61.1 Å². The van der Waals surface area contributed by atoms with Gasteiger partial charge < -0.3 is 0 Å². The molecule has 0 aliphatic carbocycles. The molecule has 0 saturated heterocycles. The number of nitrogens with zero attached hydrogens (tertiary/aromatic N) is 4. The van der Waals surface area contributed by atoms with Gasteiger partial charge in [-0.1, -0.05) is 12.1 Å². The van der Waals surface area contributed by atoms with E-state index >= 15 is 0 Å². The highest BCUT2D eigenvalue weighted by Gasteiger charge is 2.03. The number of hydrogen-bond donors (Lipinski definition) is 0. The number of rotatable bonds is 2. The van der Waals surface area contributed by atoms with Crippen molar-refractivity contribution in [1.29, 1.82) is 5.26 Å². The van der Waals surface area contributed by atoms with Gasteiger partial charge in [0, 0.05) is 18.0 Å². The lowest BCUT2D eigenvalue weighted by molar-refractivity contribution is 0.877. The Morgan fingerprint density at radius 3 is 2.58 bits per heavy atom. The van der Waals surface area contributed by atoms with Crippen molar-refractivity contribution in [3.8, 4) is 23.0 Å². The van der Waals surface area contributed by atoms with E-state index in [0.717, 1.165) is 16.9 Å². The summed E-state index contributed by atoms with van der Waals surface area (Å²) >= 11 is 0. The first-order chi connectivity index (χ1) is 9.36. The Morgan fingerprint density at radius 1 is 1.05 bits per heavy atom. The van der Waals surface area contributed by atoms with Gasteiger partial charge in [-0.05, 0) is 30.3 Å². The molecule has 1 aromatic carbocycles. The predicted octanol–water partition coefficient (Wildman–Crippen LogP) is 2.81. The van der Waals surface area contributed by atoms with Crippen LogP contribution in [0.4, 0.5) is 0 Å². The van der Waals surface area contributed by atoms with E-state index in [2.05, 4.69) is 16.2 Å². The summed E-state index contributed by atoms with van der Waals surface area (Å²) in [5.41, 5.74) is 3.42. The Kier molecular flexibility index (Phi) is 2.79. The normalized spacial score (nSPS) is 10.1. The summed E-state index contributed by atoms with van der Waals surface area (Å²) in [6.07, 6.45) is 5.38. The van der Waals surface area contributed by atoms with Gasteiger partial charge in [0.2, 0.25) is 0 Å². The van der Waals surface area contributed by atoms with Crippen molar-refractivity contribution >= 4 is 0 Å². The molecule has 0 bridgehead atoms. The Bertz CT molecular complexity index is 721. The Morgan fingerprint density at radius 2 is 1.89 bits per heavy atom. The van der Waals surface area contributed by atoms with Gasteiger partial charge in [-0.25, -0.2) is 4.68 Å². The predicted molar refractivity (Wildman–Crippen MR) is 71.5 cm³/mol. The molecule has 0 spiro atoms. The maximum Gasteiger partial charge on any atom is 0.0991 e. The van der Waals surface area contributed by atoms with Crippen molar-refractivity contribution in [2.45, 2.75) is 0 Å². The summed E-state index contributed by atoms with van der Waals surface area (Å²) in [5.74, 6) is 0. The molecule has 0 amide bonds. The molecule has 0 saturated carbocycles. The zero-order chi connectivity index (χ0) is 13.1. The maximum atomic E-state index is 8.78. The Labute approximate surface area is 110 Å². The van der Waals surface area contributed by atoms with Crippen LogP contribution in [0.2, 0.25) is 0 Å². The van der Waals surface area contributed by atoms with Gasteiger partial charge in [0.25, 0.3) is 0 Å². The lowest BCUT2D eigenvalue weighted by Gasteiger charge is -1.99. The van der Waals surface area contributed by atoms with Crippen LogP contribution in [0.5, 0.6) is 0 Å². The van der Waals surface area contributed by atoms with Crippen LogP contribution in [0.25, 0.3) is 16.9 Å². The van der Waals surface area contributed by atoms with Gasteiger partial charge in [-0.15, -0.1) is 0 Å². The molecule has 0 radical (unpaired) electrons. The molecule has 2 aromatic heterocycles.